The van der Waals surface area contributed by atoms with Crippen LogP contribution < -0.4 is 65.5 Å². The van der Waals surface area contributed by atoms with Crippen molar-refractivity contribution < 1.29 is 86.9 Å². The number of aliphatic hydroxyl groups is 1. The molecule has 6 heterocycles. The largest absolute Gasteiger partial charge is 0.480 e. The van der Waals surface area contributed by atoms with E-state index in [0.29, 0.717) is 82.0 Å². The molecule has 15 atom stereocenters. The minimum absolute atomic E-state index is 0.0140. The Labute approximate surface area is 762 Å². The number of aliphatic carboxylic acids is 1. The van der Waals surface area contributed by atoms with Crippen LogP contribution in [0, 0.1) is 17.8 Å². The maximum absolute atomic E-state index is 15.9. The number of primary amides is 1. The first-order valence-electron chi connectivity index (χ1n) is 45.5. The molecule has 0 aliphatic carbocycles. The minimum atomic E-state index is -1.69. The lowest BCUT2D eigenvalue weighted by Crippen LogP contribution is -2.62. The number of fused-ring (bicyclic) bond motifs is 5. The average molecular weight is 1830 g/mol. The summed E-state index contributed by atoms with van der Waals surface area (Å²) in [4.78, 5) is 246. The molecule has 0 radical (unpaired) electrons. The van der Waals surface area contributed by atoms with E-state index >= 15 is 38.4 Å². The van der Waals surface area contributed by atoms with Crippen molar-refractivity contribution in [3.63, 3.8) is 0 Å². The molecule has 38 heteroatoms. The van der Waals surface area contributed by atoms with Crippen molar-refractivity contribution in [2.24, 2.45) is 40.7 Å². The third kappa shape index (κ3) is 27.4. The van der Waals surface area contributed by atoms with Crippen LogP contribution in [0.15, 0.2) is 85.2 Å². The Bertz CT molecular complexity index is 4850. The summed E-state index contributed by atoms with van der Waals surface area (Å²) in [6.07, 6.45) is 2.93. The molecular formula is C92H132ClN19O18. The second-order valence-electron chi connectivity index (χ2n) is 35.7. The van der Waals surface area contributed by atoms with E-state index in [1.54, 1.807) is 86.9 Å². The molecule has 0 saturated carbocycles. The van der Waals surface area contributed by atoms with Crippen LogP contribution in [-0.2, 0) is 103 Å². The maximum Gasteiger partial charge on any atom is 0.323 e. The number of amides is 14. The fraction of sp³-hybridized carbons (Fsp3) is 0.587. The molecule has 14 amide bonds. The Morgan fingerprint density at radius 2 is 1.08 bits per heavy atom. The molecule has 710 valence electrons. The molecule has 3 aromatic carbocycles. The van der Waals surface area contributed by atoms with Crippen LogP contribution in [0.5, 0.6) is 0 Å². The Morgan fingerprint density at radius 3 is 1.73 bits per heavy atom. The average Bonchev–Trinajstić information content (AvgIpc) is 1.64. The number of nitrogens with one attached hydrogen (secondary N) is 9. The van der Waals surface area contributed by atoms with Crippen LogP contribution in [-0.4, -0.2) is 277 Å². The van der Waals surface area contributed by atoms with Crippen molar-refractivity contribution in [2.45, 2.75) is 274 Å². The quantitative estimate of drug-likeness (QED) is 0.0443. The summed E-state index contributed by atoms with van der Waals surface area (Å²) in [7, 11) is 2.83. The van der Waals surface area contributed by atoms with Crippen LogP contribution in [0.4, 0.5) is 0 Å². The minimum Gasteiger partial charge on any atom is -0.480 e. The molecule has 0 unspecified atom stereocenters. The molecule has 5 aromatic rings. The number of ketones is 1. The number of para-hydroxylation sites is 2. The SMILES string of the molecule is CCCC[C@H]1C(=O)N(C)[C@@H](CCCC)C(=O)N[C@@H](CC(C)C)C(=O)NCCC[C@@H](N)C(=O)N[C@@H](Cc2ccc(Cl)cc2)C(=O)N2CCCC[C@H]2C(=O)N[C@@H](CC(N)=O)C(=O)N2CCC[C@H]2C(=O)N[C@@H](CN)C(=O)N[C@@H](CC(C)C)C(=O)N2C[C@H](O)C[C@H]2C(=O)C[C@@H](Cc2c[nH]c3ccccc23)C(=O)N[C@@H](CCN)C(=O)N[C@@H](Cc2cn(CC(=O)O)c3ccccc23)C(=O)N1C. The van der Waals surface area contributed by atoms with Crippen molar-refractivity contribution in [1.29, 1.82) is 0 Å². The highest BCUT2D eigenvalue weighted by molar-refractivity contribution is 6.30. The fourth-order valence-electron chi connectivity index (χ4n) is 17.9. The predicted molar refractivity (Wildman–Crippen MR) is 485 cm³/mol. The van der Waals surface area contributed by atoms with Gasteiger partial charge in [-0.1, -0.05) is 127 Å². The van der Waals surface area contributed by atoms with Crippen LogP contribution in [0.1, 0.15) is 180 Å². The van der Waals surface area contributed by atoms with Crippen molar-refractivity contribution in [3.05, 3.63) is 107 Å². The van der Waals surface area contributed by atoms with Gasteiger partial charge >= 0.3 is 5.97 Å². The number of piperidine rings is 1. The smallest absolute Gasteiger partial charge is 0.323 e. The molecular weight excluding hydrogens is 1690 g/mol. The topological polar surface area (TPSA) is 551 Å². The van der Waals surface area contributed by atoms with E-state index in [9.17, 15) is 48.6 Å². The van der Waals surface area contributed by atoms with Gasteiger partial charge in [0.25, 0.3) is 0 Å². The number of carboxylic acid groups (broad SMARTS) is 1. The highest BCUT2D eigenvalue weighted by Gasteiger charge is 2.47. The van der Waals surface area contributed by atoms with E-state index in [2.05, 4.69) is 47.5 Å². The monoisotopic (exact) mass is 1830 g/mol. The van der Waals surface area contributed by atoms with Gasteiger partial charge < -0.3 is 110 Å². The van der Waals surface area contributed by atoms with Crippen LogP contribution in [0.3, 0.4) is 0 Å². The second-order valence-corrected chi connectivity index (χ2v) is 36.1. The highest BCUT2D eigenvalue weighted by atomic mass is 35.5. The molecule has 4 aliphatic rings. The number of Topliss-reactive ketones (excluding diaryl/α,β-unsaturated/α-hetero) is 1. The molecule has 130 heavy (non-hydrogen) atoms. The number of carbonyl (C=O) groups is 16. The number of carboxylic acids is 1. The number of hydrogen-bond donors (Lipinski definition) is 15. The summed E-state index contributed by atoms with van der Waals surface area (Å²) in [6, 6.07) is 2.41. The number of likely N-dealkylation sites (N-methyl/N-ethyl adjacent to an activating group) is 2. The number of nitrogens with two attached hydrogens (primary N) is 4. The summed E-state index contributed by atoms with van der Waals surface area (Å²) in [5.41, 5.74) is 27.6. The molecule has 2 aromatic heterocycles. The van der Waals surface area contributed by atoms with E-state index in [-0.39, 0.29) is 128 Å². The summed E-state index contributed by atoms with van der Waals surface area (Å²) in [6.45, 7) is 9.27. The van der Waals surface area contributed by atoms with Gasteiger partial charge in [0, 0.05) is 118 Å². The van der Waals surface area contributed by atoms with Gasteiger partial charge in [0.2, 0.25) is 82.7 Å². The van der Waals surface area contributed by atoms with Crippen LogP contribution in [0.25, 0.3) is 21.8 Å². The van der Waals surface area contributed by atoms with Crippen molar-refractivity contribution >= 4 is 128 Å². The lowest BCUT2D eigenvalue weighted by molar-refractivity contribution is -0.149. The molecule has 0 spiro atoms. The normalized spacial score (nSPS) is 26.0. The molecule has 19 N–H and O–H groups in total. The zero-order chi connectivity index (χ0) is 94.9. The lowest BCUT2D eigenvalue weighted by Gasteiger charge is -2.38. The van der Waals surface area contributed by atoms with Crippen molar-refractivity contribution in [1.82, 2.24) is 76.6 Å². The third-order valence-electron chi connectivity index (χ3n) is 24.9. The Balaban J connectivity index is 1.08. The number of H-pyrrole nitrogens is 1. The summed E-state index contributed by atoms with van der Waals surface area (Å²) >= 11 is 6.28. The van der Waals surface area contributed by atoms with E-state index in [4.69, 9.17) is 34.5 Å². The number of aromatic amines is 1. The van der Waals surface area contributed by atoms with Gasteiger partial charge in [-0.15, -0.1) is 0 Å². The number of rotatable bonds is 23. The fourth-order valence-corrected chi connectivity index (χ4v) is 18.0. The number of hydrogen-bond acceptors (Lipinski definition) is 20. The highest BCUT2D eigenvalue weighted by Crippen LogP contribution is 2.31. The van der Waals surface area contributed by atoms with Gasteiger partial charge in [0.1, 0.15) is 73.0 Å². The molecule has 9 rings (SSSR count). The van der Waals surface area contributed by atoms with Crippen LogP contribution >= 0.6 is 11.6 Å². The number of aromatic nitrogens is 2. The van der Waals surface area contributed by atoms with E-state index in [0.717, 1.165) is 9.80 Å². The standard InChI is InChI=1S/C92H132ClN19O18/c1-9-11-25-72-85(123)101-65(39-52(3)4)82(120)98-36-19-23-62(96)81(119)102-67(41-54-30-32-58(93)33-31-54)89(127)110-37-18-17-28-73(110)86(124)105-69(46-78(97)115)90(128)111-38-20-29-74(111)87(125)106-70(47-95)84(122)103-66(40-53(5)6)91(129)112-50-59(113)45-76(112)77(114)44-55(42-56-48-99-63-24-15-13-21-60(56)63)80(118)100-64(34-35-94)83(121)104-68(88(126)108(8)75(26-12-10-2)92(130)107(72)7)43-57-49-109(51-79(116)117)71-27-16-14-22-61(57)71/h13-16,21-22,24,27,30-33,48-49,52-53,55,59,62,64-70,72-76,99,113H,9-12,17-20,23,25-26,28-29,34-47,50-51,94-96H2,1-8H3,(H2,97,115)(H,98,120)(H,100,118)(H,101,123)(H,102,119)(H,103,122)(H,104,121)(H,105,124)(H,106,125)(H,116,117)/t55-,59-,62-,64+,65+,66+,67+,68+,69+,70+,72+,73+,74+,75+,76+/m1/s1. The van der Waals surface area contributed by atoms with Crippen LogP contribution in [0.2, 0.25) is 5.02 Å². The lowest BCUT2D eigenvalue weighted by atomic mass is 9.90. The number of benzene rings is 3. The molecule has 4 fully saturated rings. The Kier molecular flexibility index (Phi) is 38.2. The van der Waals surface area contributed by atoms with Gasteiger partial charge in [0.15, 0.2) is 5.78 Å². The number of carbonyl (C=O) groups excluding carboxylic acids is 15. The Morgan fingerprint density at radius 1 is 0.531 bits per heavy atom. The summed E-state index contributed by atoms with van der Waals surface area (Å²) in [5, 5.41) is 45.5. The first-order valence-corrected chi connectivity index (χ1v) is 45.9. The number of halogens is 1. The van der Waals surface area contributed by atoms with Gasteiger partial charge in [-0.2, -0.15) is 0 Å². The maximum atomic E-state index is 15.9. The summed E-state index contributed by atoms with van der Waals surface area (Å²) < 4.78 is 1.48. The predicted octanol–water partition coefficient (Wildman–Crippen LogP) is 1.74. The van der Waals surface area contributed by atoms with Gasteiger partial charge in [-0.25, -0.2) is 0 Å². The summed E-state index contributed by atoms with van der Waals surface area (Å²) in [5.74, 6) is -15.0. The first kappa shape index (κ1) is 102. The molecule has 4 saturated heterocycles. The zero-order valence-corrected chi connectivity index (χ0v) is 76.5. The number of aliphatic hydroxyl groups excluding tert-OH is 1. The van der Waals surface area contributed by atoms with Crippen molar-refractivity contribution in [3.8, 4) is 0 Å². The molecule has 0 bridgehead atoms. The first-order chi connectivity index (χ1) is 61.9. The van der Waals surface area contributed by atoms with Crippen molar-refractivity contribution in [2.75, 3.05) is 53.4 Å². The number of unbranched alkanes of at least 4 members (excludes halogenated alkanes) is 2. The van der Waals surface area contributed by atoms with Gasteiger partial charge in [0.05, 0.1) is 24.6 Å². The van der Waals surface area contributed by atoms with Gasteiger partial charge in [-0.3, -0.25) is 76.7 Å². The molecule has 4 aliphatic heterocycles. The third-order valence-corrected chi connectivity index (χ3v) is 25.1. The van der Waals surface area contributed by atoms with E-state index < -0.39 is 217 Å². The Hall–Kier alpha value is -11.4. The van der Waals surface area contributed by atoms with E-state index in [1.807, 2.05) is 39.8 Å². The molecule has 37 nitrogen and oxygen atoms in total. The number of nitrogens with zero attached hydrogens (tertiary/aromatic N) is 6. The zero-order valence-electron chi connectivity index (χ0n) is 75.7. The van der Waals surface area contributed by atoms with E-state index in [1.165, 1.54) is 33.4 Å². The van der Waals surface area contributed by atoms with Gasteiger partial charge in [-0.05, 0) is 143 Å². The second kappa shape index (κ2) is 48.5.